The fraction of sp³-hybridized carbons (Fsp3) is 0.308. The Balaban J connectivity index is 1.95. The normalized spacial score (nSPS) is 11.9. The van der Waals surface area contributed by atoms with Gasteiger partial charge in [0.25, 0.3) is 0 Å². The van der Waals surface area contributed by atoms with E-state index in [1.54, 1.807) is 24.6 Å². The minimum absolute atomic E-state index is 0.0439. The lowest BCUT2D eigenvalue weighted by atomic mass is 10.2. The first kappa shape index (κ1) is 14.2. The lowest BCUT2D eigenvalue weighted by Gasteiger charge is -2.16. The fourth-order valence-electron chi connectivity index (χ4n) is 1.66. The Bertz CT molecular complexity index is 595. The van der Waals surface area contributed by atoms with Gasteiger partial charge >= 0.3 is 0 Å². The van der Waals surface area contributed by atoms with Crippen molar-refractivity contribution in [1.82, 2.24) is 9.29 Å². The number of rotatable bonds is 6. The summed E-state index contributed by atoms with van der Waals surface area (Å²) in [4.78, 5) is 4.15. The molecule has 0 N–H and O–H groups in total. The van der Waals surface area contributed by atoms with E-state index in [1.807, 2.05) is 35.7 Å². The highest BCUT2D eigenvalue weighted by Gasteiger charge is 2.18. The van der Waals surface area contributed by atoms with Crippen LogP contribution in [0.15, 0.2) is 41.9 Å². The summed E-state index contributed by atoms with van der Waals surface area (Å²) in [5, 5.41) is 2.86. The molecule has 0 aliphatic heterocycles. The van der Waals surface area contributed by atoms with Crippen LogP contribution < -0.4 is 0 Å². The number of nitrogens with zero attached hydrogens (tertiary/aromatic N) is 2. The standard InChI is InChI=1S/C13H16N2O2S2/c1-15(9-7-13-14-8-10-18-13)19(16,17)11-12-5-3-2-4-6-12/h2-6,8,10H,7,9,11H2,1H3. The molecule has 1 heterocycles. The molecule has 102 valence electrons. The van der Waals surface area contributed by atoms with Crippen molar-refractivity contribution in [1.29, 1.82) is 0 Å². The molecule has 1 aromatic carbocycles. The van der Waals surface area contributed by atoms with Crippen LogP contribution in [0.4, 0.5) is 0 Å². The molecule has 0 fully saturated rings. The molecule has 0 saturated heterocycles. The number of likely N-dealkylation sites (N-methyl/N-ethyl adjacent to an activating group) is 1. The van der Waals surface area contributed by atoms with Crippen molar-refractivity contribution in [2.45, 2.75) is 12.2 Å². The van der Waals surface area contributed by atoms with E-state index in [0.29, 0.717) is 13.0 Å². The first-order valence-electron chi connectivity index (χ1n) is 5.94. The molecule has 4 nitrogen and oxygen atoms in total. The van der Waals surface area contributed by atoms with Gasteiger partial charge in [-0.2, -0.15) is 0 Å². The van der Waals surface area contributed by atoms with E-state index in [2.05, 4.69) is 4.98 Å². The summed E-state index contributed by atoms with van der Waals surface area (Å²) in [6.07, 6.45) is 2.39. The minimum Gasteiger partial charge on any atom is -0.250 e. The average Bonchev–Trinajstić information content (AvgIpc) is 2.89. The van der Waals surface area contributed by atoms with Crippen molar-refractivity contribution < 1.29 is 8.42 Å². The molecule has 6 heteroatoms. The Hall–Kier alpha value is -1.24. The highest BCUT2D eigenvalue weighted by atomic mass is 32.2. The zero-order chi connectivity index (χ0) is 13.7. The second kappa shape index (κ2) is 6.27. The summed E-state index contributed by atoms with van der Waals surface area (Å²) in [5.74, 6) is 0.0439. The molecule has 2 rings (SSSR count). The second-order valence-electron chi connectivity index (χ2n) is 4.24. The molecule has 0 aliphatic rings. The molecule has 2 aromatic rings. The van der Waals surface area contributed by atoms with Gasteiger partial charge in [-0.05, 0) is 5.56 Å². The number of hydrogen-bond acceptors (Lipinski definition) is 4. The molecule has 1 aromatic heterocycles. The quantitative estimate of drug-likeness (QED) is 0.820. The van der Waals surface area contributed by atoms with Crippen molar-refractivity contribution in [3.63, 3.8) is 0 Å². The number of thiazole rings is 1. The Labute approximate surface area is 117 Å². The number of aromatic nitrogens is 1. The Morgan fingerprint density at radius 3 is 2.63 bits per heavy atom. The Morgan fingerprint density at radius 1 is 1.26 bits per heavy atom. The van der Waals surface area contributed by atoms with Gasteiger partial charge in [-0.3, -0.25) is 0 Å². The van der Waals surface area contributed by atoms with E-state index in [0.717, 1.165) is 10.6 Å². The van der Waals surface area contributed by atoms with Crippen LogP contribution in [-0.2, 0) is 22.2 Å². The molecule has 0 amide bonds. The zero-order valence-corrected chi connectivity index (χ0v) is 12.3. The first-order chi connectivity index (χ1) is 9.08. The van der Waals surface area contributed by atoms with Gasteiger partial charge in [-0.1, -0.05) is 30.3 Å². The van der Waals surface area contributed by atoms with Gasteiger partial charge in [0.1, 0.15) is 0 Å². The molecule has 0 aliphatic carbocycles. The third-order valence-electron chi connectivity index (χ3n) is 2.79. The zero-order valence-electron chi connectivity index (χ0n) is 10.7. The number of sulfonamides is 1. The lowest BCUT2D eigenvalue weighted by molar-refractivity contribution is 0.471. The van der Waals surface area contributed by atoms with Gasteiger partial charge in [0, 0.05) is 31.6 Å². The van der Waals surface area contributed by atoms with Crippen molar-refractivity contribution in [3.8, 4) is 0 Å². The Morgan fingerprint density at radius 2 is 2.00 bits per heavy atom. The molecule has 0 atom stereocenters. The van der Waals surface area contributed by atoms with Gasteiger partial charge in [0.05, 0.1) is 10.8 Å². The van der Waals surface area contributed by atoms with Crippen molar-refractivity contribution >= 4 is 21.4 Å². The van der Waals surface area contributed by atoms with Gasteiger partial charge in [0.2, 0.25) is 10.0 Å². The van der Waals surface area contributed by atoms with Crippen LogP contribution in [0.1, 0.15) is 10.6 Å². The molecule has 0 saturated carbocycles. The third kappa shape index (κ3) is 4.12. The molecular weight excluding hydrogens is 280 g/mol. The van der Waals surface area contributed by atoms with Gasteiger partial charge in [-0.15, -0.1) is 11.3 Å². The van der Waals surface area contributed by atoms with Crippen molar-refractivity contribution in [3.05, 3.63) is 52.5 Å². The van der Waals surface area contributed by atoms with Crippen LogP contribution in [-0.4, -0.2) is 31.3 Å². The van der Waals surface area contributed by atoms with E-state index in [-0.39, 0.29) is 5.75 Å². The maximum atomic E-state index is 12.2. The van der Waals surface area contributed by atoms with Crippen molar-refractivity contribution in [2.24, 2.45) is 0 Å². The van der Waals surface area contributed by atoms with Crippen LogP contribution >= 0.6 is 11.3 Å². The van der Waals surface area contributed by atoms with Crippen LogP contribution in [0.5, 0.6) is 0 Å². The van der Waals surface area contributed by atoms with Gasteiger partial charge in [-0.25, -0.2) is 17.7 Å². The van der Waals surface area contributed by atoms with E-state index in [4.69, 9.17) is 0 Å². The highest BCUT2D eigenvalue weighted by Crippen LogP contribution is 2.11. The molecule has 0 spiro atoms. The van der Waals surface area contributed by atoms with E-state index in [1.165, 1.54) is 4.31 Å². The molecule has 0 bridgehead atoms. The maximum absolute atomic E-state index is 12.2. The second-order valence-corrected chi connectivity index (χ2v) is 7.29. The summed E-state index contributed by atoms with van der Waals surface area (Å²) < 4.78 is 25.7. The number of hydrogen-bond donors (Lipinski definition) is 0. The molecule has 0 unspecified atom stereocenters. The van der Waals surface area contributed by atoms with Crippen molar-refractivity contribution in [2.75, 3.05) is 13.6 Å². The minimum atomic E-state index is -3.26. The summed E-state index contributed by atoms with van der Waals surface area (Å²) in [6.45, 7) is 0.461. The summed E-state index contributed by atoms with van der Waals surface area (Å²) >= 11 is 1.55. The smallest absolute Gasteiger partial charge is 0.218 e. The van der Waals surface area contributed by atoms with Crippen LogP contribution in [0.2, 0.25) is 0 Å². The largest absolute Gasteiger partial charge is 0.250 e. The van der Waals surface area contributed by atoms with E-state index < -0.39 is 10.0 Å². The predicted octanol–water partition coefficient (Wildman–Crippen LogP) is 2.15. The van der Waals surface area contributed by atoms with Crippen LogP contribution in [0, 0.1) is 0 Å². The van der Waals surface area contributed by atoms with E-state index >= 15 is 0 Å². The van der Waals surface area contributed by atoms with Crippen LogP contribution in [0.3, 0.4) is 0 Å². The SMILES string of the molecule is CN(CCc1nccs1)S(=O)(=O)Cc1ccccc1. The summed E-state index contributed by atoms with van der Waals surface area (Å²) in [5.41, 5.74) is 0.809. The topological polar surface area (TPSA) is 50.3 Å². The first-order valence-corrected chi connectivity index (χ1v) is 8.43. The van der Waals surface area contributed by atoms with Crippen LogP contribution in [0.25, 0.3) is 0 Å². The lowest BCUT2D eigenvalue weighted by Crippen LogP contribution is -2.30. The summed E-state index contributed by atoms with van der Waals surface area (Å²) in [7, 11) is -1.64. The molecule has 0 radical (unpaired) electrons. The molecule has 19 heavy (non-hydrogen) atoms. The monoisotopic (exact) mass is 296 g/mol. The number of benzene rings is 1. The maximum Gasteiger partial charge on any atom is 0.218 e. The highest BCUT2D eigenvalue weighted by molar-refractivity contribution is 7.88. The van der Waals surface area contributed by atoms with Gasteiger partial charge in [0.15, 0.2) is 0 Å². The average molecular weight is 296 g/mol. The summed E-state index contributed by atoms with van der Waals surface area (Å²) in [6, 6.07) is 9.22. The fourth-order valence-corrected chi connectivity index (χ4v) is 3.48. The van der Waals surface area contributed by atoms with E-state index in [9.17, 15) is 8.42 Å². The van der Waals surface area contributed by atoms with Gasteiger partial charge < -0.3 is 0 Å². The Kier molecular flexibility index (Phi) is 4.68. The third-order valence-corrected chi connectivity index (χ3v) is 5.46. The predicted molar refractivity (Wildman–Crippen MR) is 77.5 cm³/mol. The molecular formula is C13H16N2O2S2.